The SMILES string of the molecule is O=C1CCN(C(=O)COc2ccccc2Br)CC1. The molecule has 1 aliphatic heterocycles. The van der Waals surface area contributed by atoms with Crippen LogP contribution < -0.4 is 4.74 Å². The van der Waals surface area contributed by atoms with E-state index in [0.717, 1.165) is 4.47 Å². The standard InChI is InChI=1S/C13H14BrNO3/c14-11-3-1-2-4-12(11)18-9-13(17)15-7-5-10(16)6-8-15/h1-4H,5-9H2. The molecule has 0 radical (unpaired) electrons. The lowest BCUT2D eigenvalue weighted by Gasteiger charge is -2.26. The zero-order valence-electron chi connectivity index (χ0n) is 9.89. The molecule has 0 bridgehead atoms. The van der Waals surface area contributed by atoms with Crippen molar-refractivity contribution in [1.82, 2.24) is 4.90 Å². The Morgan fingerprint density at radius 3 is 2.61 bits per heavy atom. The number of hydrogen-bond donors (Lipinski definition) is 0. The van der Waals surface area contributed by atoms with Gasteiger partial charge in [-0.1, -0.05) is 12.1 Å². The van der Waals surface area contributed by atoms with E-state index < -0.39 is 0 Å². The minimum absolute atomic E-state index is 0.0107. The predicted octanol–water partition coefficient (Wildman–Crippen LogP) is 2.02. The molecule has 0 aromatic heterocycles. The van der Waals surface area contributed by atoms with Crippen molar-refractivity contribution in [2.24, 2.45) is 0 Å². The smallest absolute Gasteiger partial charge is 0.260 e. The third kappa shape index (κ3) is 3.32. The topological polar surface area (TPSA) is 46.6 Å². The van der Waals surface area contributed by atoms with Gasteiger partial charge in [0, 0.05) is 25.9 Å². The third-order valence-electron chi connectivity index (χ3n) is 2.86. The quantitative estimate of drug-likeness (QED) is 0.858. The van der Waals surface area contributed by atoms with Gasteiger partial charge >= 0.3 is 0 Å². The van der Waals surface area contributed by atoms with Gasteiger partial charge in [0.2, 0.25) is 0 Å². The second-order valence-electron chi connectivity index (χ2n) is 4.14. The first kappa shape index (κ1) is 13.1. The summed E-state index contributed by atoms with van der Waals surface area (Å²) in [6, 6.07) is 7.40. The Bertz CT molecular complexity index is 451. The van der Waals surface area contributed by atoms with Crippen LogP contribution in [-0.4, -0.2) is 36.3 Å². The highest BCUT2D eigenvalue weighted by atomic mass is 79.9. The van der Waals surface area contributed by atoms with Crippen LogP contribution in [0.3, 0.4) is 0 Å². The van der Waals surface area contributed by atoms with E-state index in [1.165, 1.54) is 0 Å². The number of Topliss-reactive ketones (excluding diaryl/α,β-unsaturated/α-hetero) is 1. The predicted molar refractivity (Wildman–Crippen MR) is 70.5 cm³/mol. The number of amides is 1. The van der Waals surface area contributed by atoms with Gasteiger partial charge in [0.1, 0.15) is 11.5 Å². The second kappa shape index (κ2) is 6.00. The van der Waals surface area contributed by atoms with Gasteiger partial charge in [0.15, 0.2) is 6.61 Å². The summed E-state index contributed by atoms with van der Waals surface area (Å²) in [6.07, 6.45) is 0.918. The molecule has 0 saturated carbocycles. The third-order valence-corrected chi connectivity index (χ3v) is 3.52. The molecule has 18 heavy (non-hydrogen) atoms. The molecule has 0 aliphatic carbocycles. The Balaban J connectivity index is 1.85. The summed E-state index contributed by atoms with van der Waals surface area (Å²) in [4.78, 5) is 24.6. The number of carbonyl (C=O) groups excluding carboxylic acids is 2. The van der Waals surface area contributed by atoms with Gasteiger partial charge in [0.05, 0.1) is 4.47 Å². The monoisotopic (exact) mass is 311 g/mol. The Labute approximate surface area is 114 Å². The van der Waals surface area contributed by atoms with Crippen LogP contribution in [0.4, 0.5) is 0 Å². The first-order valence-electron chi connectivity index (χ1n) is 5.83. The number of halogens is 1. The van der Waals surface area contributed by atoms with Crippen molar-refractivity contribution < 1.29 is 14.3 Å². The van der Waals surface area contributed by atoms with Crippen molar-refractivity contribution in [3.05, 3.63) is 28.7 Å². The van der Waals surface area contributed by atoms with Crippen LogP contribution in [0, 0.1) is 0 Å². The largest absolute Gasteiger partial charge is 0.483 e. The summed E-state index contributed by atoms with van der Waals surface area (Å²) in [7, 11) is 0. The van der Waals surface area contributed by atoms with Crippen molar-refractivity contribution in [2.75, 3.05) is 19.7 Å². The van der Waals surface area contributed by atoms with Crippen molar-refractivity contribution in [3.8, 4) is 5.75 Å². The normalized spacial score (nSPS) is 15.6. The fourth-order valence-corrected chi connectivity index (χ4v) is 2.20. The van der Waals surface area contributed by atoms with Gasteiger partial charge in [-0.05, 0) is 28.1 Å². The van der Waals surface area contributed by atoms with Gasteiger partial charge < -0.3 is 9.64 Å². The lowest BCUT2D eigenvalue weighted by atomic mass is 10.1. The maximum absolute atomic E-state index is 11.9. The van der Waals surface area contributed by atoms with Crippen molar-refractivity contribution in [2.45, 2.75) is 12.8 Å². The molecule has 0 spiro atoms. The highest BCUT2D eigenvalue weighted by Crippen LogP contribution is 2.23. The Morgan fingerprint density at radius 1 is 1.28 bits per heavy atom. The van der Waals surface area contributed by atoms with Crippen molar-refractivity contribution >= 4 is 27.6 Å². The lowest BCUT2D eigenvalue weighted by molar-refractivity contribution is -0.136. The summed E-state index contributed by atoms with van der Waals surface area (Å²) in [6.45, 7) is 1.03. The number of rotatable bonds is 3. The Kier molecular flexibility index (Phi) is 4.36. The summed E-state index contributed by atoms with van der Waals surface area (Å²) in [5, 5.41) is 0. The molecule has 5 heteroatoms. The molecule has 1 amide bonds. The maximum Gasteiger partial charge on any atom is 0.260 e. The van der Waals surface area contributed by atoms with E-state index >= 15 is 0 Å². The van der Waals surface area contributed by atoms with E-state index in [0.29, 0.717) is 31.7 Å². The minimum atomic E-state index is -0.0711. The van der Waals surface area contributed by atoms with Crippen LogP contribution in [0.5, 0.6) is 5.75 Å². The molecule has 1 heterocycles. The van der Waals surface area contributed by atoms with Crippen LogP contribution >= 0.6 is 15.9 Å². The average molecular weight is 312 g/mol. The fraction of sp³-hybridized carbons (Fsp3) is 0.385. The van der Waals surface area contributed by atoms with Gasteiger partial charge in [0.25, 0.3) is 5.91 Å². The number of carbonyl (C=O) groups is 2. The zero-order chi connectivity index (χ0) is 13.0. The van der Waals surface area contributed by atoms with Crippen LogP contribution in [-0.2, 0) is 9.59 Å². The number of para-hydroxylation sites is 1. The highest BCUT2D eigenvalue weighted by molar-refractivity contribution is 9.10. The fourth-order valence-electron chi connectivity index (χ4n) is 1.80. The average Bonchev–Trinajstić information content (AvgIpc) is 2.38. The molecule has 1 aromatic carbocycles. The molecular weight excluding hydrogens is 298 g/mol. The zero-order valence-corrected chi connectivity index (χ0v) is 11.5. The van der Waals surface area contributed by atoms with E-state index in [-0.39, 0.29) is 18.3 Å². The number of piperidine rings is 1. The molecule has 0 atom stereocenters. The molecule has 1 saturated heterocycles. The molecule has 4 nitrogen and oxygen atoms in total. The van der Waals surface area contributed by atoms with E-state index in [1.54, 1.807) is 11.0 Å². The van der Waals surface area contributed by atoms with Gasteiger partial charge in [-0.2, -0.15) is 0 Å². The Morgan fingerprint density at radius 2 is 1.94 bits per heavy atom. The summed E-state index contributed by atoms with van der Waals surface area (Å²) in [5.74, 6) is 0.808. The van der Waals surface area contributed by atoms with Crippen LogP contribution in [0.25, 0.3) is 0 Å². The first-order valence-corrected chi connectivity index (χ1v) is 6.63. The molecule has 1 fully saturated rings. The van der Waals surface area contributed by atoms with Crippen LogP contribution in [0.2, 0.25) is 0 Å². The highest BCUT2D eigenvalue weighted by Gasteiger charge is 2.20. The van der Waals surface area contributed by atoms with Crippen molar-refractivity contribution in [3.63, 3.8) is 0 Å². The first-order chi connectivity index (χ1) is 8.66. The number of hydrogen-bond acceptors (Lipinski definition) is 3. The molecule has 1 aromatic rings. The Hall–Kier alpha value is -1.36. The summed E-state index contributed by atoms with van der Waals surface area (Å²) in [5.41, 5.74) is 0. The van der Waals surface area contributed by atoms with Gasteiger partial charge in [-0.3, -0.25) is 9.59 Å². The summed E-state index contributed by atoms with van der Waals surface area (Å²) < 4.78 is 6.28. The molecule has 96 valence electrons. The van der Waals surface area contributed by atoms with Gasteiger partial charge in [-0.15, -0.1) is 0 Å². The number of ketones is 1. The van der Waals surface area contributed by atoms with Gasteiger partial charge in [-0.25, -0.2) is 0 Å². The maximum atomic E-state index is 11.9. The number of nitrogens with zero attached hydrogens (tertiary/aromatic N) is 1. The molecule has 0 N–H and O–H groups in total. The number of ether oxygens (including phenoxy) is 1. The van der Waals surface area contributed by atoms with E-state index in [4.69, 9.17) is 4.74 Å². The van der Waals surface area contributed by atoms with E-state index in [1.807, 2.05) is 18.2 Å². The van der Waals surface area contributed by atoms with Crippen LogP contribution in [0.15, 0.2) is 28.7 Å². The van der Waals surface area contributed by atoms with E-state index in [9.17, 15) is 9.59 Å². The van der Waals surface area contributed by atoms with Crippen molar-refractivity contribution in [1.29, 1.82) is 0 Å². The lowest BCUT2D eigenvalue weighted by Crippen LogP contribution is -2.41. The number of likely N-dealkylation sites (tertiary alicyclic amines) is 1. The molecular formula is C13H14BrNO3. The van der Waals surface area contributed by atoms with Crippen LogP contribution in [0.1, 0.15) is 12.8 Å². The molecule has 2 rings (SSSR count). The summed E-state index contributed by atoms with van der Waals surface area (Å²) >= 11 is 3.36. The molecule has 1 aliphatic rings. The second-order valence-corrected chi connectivity index (χ2v) is 4.99. The minimum Gasteiger partial charge on any atom is -0.483 e. The molecule has 0 unspecified atom stereocenters. The van der Waals surface area contributed by atoms with E-state index in [2.05, 4.69) is 15.9 Å². The number of benzene rings is 1.